The second-order valence-electron chi connectivity index (χ2n) is 5.84. The lowest BCUT2D eigenvalue weighted by atomic mass is 10.0. The maximum Gasteiger partial charge on any atom is 0.261 e. The van der Waals surface area contributed by atoms with Crippen molar-refractivity contribution < 1.29 is 19.2 Å². The third kappa shape index (κ3) is 3.23. The molecule has 2 rings (SSSR count). The van der Waals surface area contributed by atoms with Crippen LogP contribution in [0.5, 0.6) is 0 Å². The van der Waals surface area contributed by atoms with E-state index in [4.69, 9.17) is 0 Å². The number of rotatable bonds is 4. The first-order chi connectivity index (χ1) is 10.7. The molecule has 1 heterocycles. The Morgan fingerprint density at radius 2 is 1.70 bits per heavy atom. The number of anilines is 1. The van der Waals surface area contributed by atoms with Crippen LogP contribution in [0.25, 0.3) is 0 Å². The zero-order chi connectivity index (χ0) is 17.3. The Bertz CT molecular complexity index is 697. The molecule has 0 radical (unpaired) electrons. The van der Waals surface area contributed by atoms with Crippen molar-refractivity contribution in [3.05, 3.63) is 29.3 Å². The van der Waals surface area contributed by atoms with Crippen LogP contribution in [-0.4, -0.2) is 41.6 Å². The molecule has 23 heavy (non-hydrogen) atoms. The van der Waals surface area contributed by atoms with E-state index in [1.165, 1.54) is 26.1 Å². The first-order valence-corrected chi connectivity index (χ1v) is 7.26. The highest BCUT2D eigenvalue weighted by Crippen LogP contribution is 2.25. The summed E-state index contributed by atoms with van der Waals surface area (Å²) in [7, 11) is 1.41. The van der Waals surface area contributed by atoms with Gasteiger partial charge in [0.1, 0.15) is 6.04 Å². The maximum absolute atomic E-state index is 12.3. The molecule has 1 aliphatic rings. The molecular weight excluding hydrogens is 298 g/mol. The fourth-order valence-electron chi connectivity index (χ4n) is 2.41. The minimum absolute atomic E-state index is 0.0947. The van der Waals surface area contributed by atoms with Crippen LogP contribution < -0.4 is 10.6 Å². The molecule has 4 amide bonds. The number of fused-ring (bicyclic) bond motifs is 1. The van der Waals surface area contributed by atoms with Crippen molar-refractivity contribution in [2.24, 2.45) is 5.92 Å². The summed E-state index contributed by atoms with van der Waals surface area (Å²) in [4.78, 5) is 48.3. The number of carbonyl (C=O) groups is 4. The standard InChI is InChI=1S/C16H19N3O4/c1-8(2)13(17-9(3)20)14(21)18-10-5-6-11-12(7-10)16(23)19(4)15(11)22/h5-8,13H,1-4H3,(H,17,20)(H,18,21)/t13-/m1/s1. The maximum atomic E-state index is 12.3. The van der Waals surface area contributed by atoms with Crippen LogP contribution in [0.1, 0.15) is 41.5 Å². The number of nitrogens with one attached hydrogen (secondary N) is 2. The molecule has 2 N–H and O–H groups in total. The van der Waals surface area contributed by atoms with Crippen LogP contribution in [0.4, 0.5) is 5.69 Å². The molecule has 0 fully saturated rings. The van der Waals surface area contributed by atoms with Crippen LogP contribution in [-0.2, 0) is 9.59 Å². The molecule has 7 nitrogen and oxygen atoms in total. The Hall–Kier alpha value is -2.70. The summed E-state index contributed by atoms with van der Waals surface area (Å²) in [5, 5.41) is 5.27. The molecule has 0 saturated heterocycles. The van der Waals surface area contributed by atoms with Gasteiger partial charge in [0.05, 0.1) is 11.1 Å². The lowest BCUT2D eigenvalue weighted by Gasteiger charge is -2.21. The predicted octanol–water partition coefficient (Wildman–Crippen LogP) is 1.01. The van der Waals surface area contributed by atoms with E-state index in [-0.39, 0.29) is 29.2 Å². The highest BCUT2D eigenvalue weighted by atomic mass is 16.2. The predicted molar refractivity (Wildman–Crippen MR) is 83.9 cm³/mol. The quantitative estimate of drug-likeness (QED) is 0.810. The SMILES string of the molecule is CC(=O)N[C@@H](C(=O)Nc1ccc2c(c1)C(=O)N(C)C2=O)C(C)C. The Balaban J connectivity index is 2.21. The lowest BCUT2D eigenvalue weighted by molar-refractivity contribution is -0.126. The summed E-state index contributed by atoms with van der Waals surface area (Å²) in [6.45, 7) is 4.98. The van der Waals surface area contributed by atoms with Gasteiger partial charge < -0.3 is 10.6 Å². The summed E-state index contributed by atoms with van der Waals surface area (Å²) in [5.41, 5.74) is 0.981. The highest BCUT2D eigenvalue weighted by molar-refractivity contribution is 6.21. The molecule has 1 aromatic carbocycles. The zero-order valence-electron chi connectivity index (χ0n) is 13.5. The molecule has 1 aliphatic heterocycles. The van der Waals surface area contributed by atoms with Gasteiger partial charge in [-0.15, -0.1) is 0 Å². The molecule has 0 unspecified atom stereocenters. The van der Waals surface area contributed by atoms with Crippen molar-refractivity contribution in [1.29, 1.82) is 0 Å². The summed E-state index contributed by atoms with van der Waals surface area (Å²) >= 11 is 0. The second-order valence-corrected chi connectivity index (χ2v) is 5.84. The van der Waals surface area contributed by atoms with E-state index in [0.29, 0.717) is 11.3 Å². The normalized spacial score (nSPS) is 14.7. The van der Waals surface area contributed by atoms with E-state index >= 15 is 0 Å². The molecule has 7 heteroatoms. The molecule has 0 aliphatic carbocycles. The van der Waals surface area contributed by atoms with Crippen LogP contribution in [0, 0.1) is 5.92 Å². The van der Waals surface area contributed by atoms with Gasteiger partial charge in [-0.05, 0) is 24.1 Å². The first-order valence-electron chi connectivity index (χ1n) is 7.26. The molecule has 0 aromatic heterocycles. The van der Waals surface area contributed by atoms with Gasteiger partial charge in [0.25, 0.3) is 11.8 Å². The molecule has 0 bridgehead atoms. The van der Waals surface area contributed by atoms with Gasteiger partial charge in [-0.3, -0.25) is 24.1 Å². The Morgan fingerprint density at radius 3 is 2.26 bits per heavy atom. The minimum atomic E-state index is -0.680. The van der Waals surface area contributed by atoms with Crippen LogP contribution in [0.15, 0.2) is 18.2 Å². The molecule has 0 saturated carbocycles. The second kappa shape index (κ2) is 6.20. The molecule has 0 spiro atoms. The van der Waals surface area contributed by atoms with Gasteiger partial charge in [-0.25, -0.2) is 0 Å². The number of hydrogen-bond acceptors (Lipinski definition) is 4. The van der Waals surface area contributed by atoms with E-state index in [1.54, 1.807) is 6.07 Å². The number of imide groups is 1. The van der Waals surface area contributed by atoms with Crippen molar-refractivity contribution >= 4 is 29.3 Å². The smallest absolute Gasteiger partial charge is 0.261 e. The fourth-order valence-corrected chi connectivity index (χ4v) is 2.41. The third-order valence-corrected chi connectivity index (χ3v) is 3.67. The first kappa shape index (κ1) is 16.7. The molecule has 1 aromatic rings. The third-order valence-electron chi connectivity index (χ3n) is 3.67. The average Bonchev–Trinajstić information content (AvgIpc) is 2.69. The summed E-state index contributed by atoms with van der Waals surface area (Å²) in [5.74, 6) is -1.53. The zero-order valence-corrected chi connectivity index (χ0v) is 13.5. The van der Waals surface area contributed by atoms with E-state index in [1.807, 2.05) is 13.8 Å². The number of nitrogens with zero attached hydrogens (tertiary/aromatic N) is 1. The van der Waals surface area contributed by atoms with Gasteiger partial charge in [0.15, 0.2) is 0 Å². The largest absolute Gasteiger partial charge is 0.344 e. The van der Waals surface area contributed by atoms with Crippen LogP contribution >= 0.6 is 0 Å². The summed E-state index contributed by atoms with van der Waals surface area (Å²) < 4.78 is 0. The number of carbonyl (C=O) groups excluding carboxylic acids is 4. The highest BCUT2D eigenvalue weighted by Gasteiger charge is 2.33. The van der Waals surface area contributed by atoms with Crippen LogP contribution in [0.3, 0.4) is 0 Å². The summed E-state index contributed by atoms with van der Waals surface area (Å²) in [6, 6.07) is 3.87. The molecule has 1 atom stereocenters. The number of hydrogen-bond donors (Lipinski definition) is 2. The van der Waals surface area contributed by atoms with Gasteiger partial charge in [-0.1, -0.05) is 13.8 Å². The number of amides is 4. The van der Waals surface area contributed by atoms with E-state index in [9.17, 15) is 19.2 Å². The van der Waals surface area contributed by atoms with Crippen molar-refractivity contribution in [2.75, 3.05) is 12.4 Å². The van der Waals surface area contributed by atoms with Gasteiger partial charge in [0, 0.05) is 19.7 Å². The van der Waals surface area contributed by atoms with Gasteiger partial charge in [0.2, 0.25) is 11.8 Å². The van der Waals surface area contributed by atoms with Gasteiger partial charge in [-0.2, -0.15) is 0 Å². The fraction of sp³-hybridized carbons (Fsp3) is 0.375. The number of benzene rings is 1. The minimum Gasteiger partial charge on any atom is -0.344 e. The Kier molecular flexibility index (Phi) is 4.49. The van der Waals surface area contributed by atoms with E-state index < -0.39 is 11.9 Å². The Labute approximate surface area is 134 Å². The molecule has 122 valence electrons. The van der Waals surface area contributed by atoms with Crippen molar-refractivity contribution in [3.63, 3.8) is 0 Å². The van der Waals surface area contributed by atoms with Crippen molar-refractivity contribution in [2.45, 2.75) is 26.8 Å². The lowest BCUT2D eigenvalue weighted by Crippen LogP contribution is -2.46. The summed E-state index contributed by atoms with van der Waals surface area (Å²) in [6.07, 6.45) is 0. The average molecular weight is 317 g/mol. The topological polar surface area (TPSA) is 95.6 Å². The van der Waals surface area contributed by atoms with Crippen molar-refractivity contribution in [1.82, 2.24) is 10.2 Å². The monoisotopic (exact) mass is 317 g/mol. The Morgan fingerprint density at radius 1 is 1.09 bits per heavy atom. The molecular formula is C16H19N3O4. The van der Waals surface area contributed by atoms with E-state index in [0.717, 1.165) is 4.90 Å². The van der Waals surface area contributed by atoms with Crippen molar-refractivity contribution in [3.8, 4) is 0 Å². The van der Waals surface area contributed by atoms with E-state index in [2.05, 4.69) is 10.6 Å². The van der Waals surface area contributed by atoms with Crippen LogP contribution in [0.2, 0.25) is 0 Å². The van der Waals surface area contributed by atoms with Gasteiger partial charge >= 0.3 is 0 Å².